The maximum atomic E-state index is 12.6. The molecule has 0 spiro atoms. The van der Waals surface area contributed by atoms with Crippen LogP contribution in [-0.2, 0) is 4.74 Å². The van der Waals surface area contributed by atoms with E-state index in [0.29, 0.717) is 11.8 Å². The third kappa shape index (κ3) is 3.49. The Morgan fingerprint density at radius 1 is 1.10 bits per heavy atom. The van der Waals surface area contributed by atoms with Crippen molar-refractivity contribution in [2.45, 2.75) is 58.0 Å². The van der Waals surface area contributed by atoms with Gasteiger partial charge < -0.3 is 4.74 Å². The highest BCUT2D eigenvalue weighted by molar-refractivity contribution is 5.99. The SMILES string of the molecule is COC(C(=O)c1ccc(C(C)C)cc1)C1CCCCC1. The summed E-state index contributed by atoms with van der Waals surface area (Å²) >= 11 is 0. The lowest BCUT2D eigenvalue weighted by Crippen LogP contribution is -2.33. The van der Waals surface area contributed by atoms with E-state index in [4.69, 9.17) is 4.74 Å². The van der Waals surface area contributed by atoms with Crippen LogP contribution in [0.15, 0.2) is 24.3 Å². The van der Waals surface area contributed by atoms with Crippen molar-refractivity contribution in [1.82, 2.24) is 0 Å². The molecular formula is C18H26O2. The van der Waals surface area contributed by atoms with Crippen molar-refractivity contribution >= 4 is 5.78 Å². The summed E-state index contributed by atoms with van der Waals surface area (Å²) < 4.78 is 5.53. The van der Waals surface area contributed by atoms with Gasteiger partial charge in [0.15, 0.2) is 5.78 Å². The number of carbonyl (C=O) groups is 1. The number of Topliss-reactive ketones (excluding diaryl/α,β-unsaturated/α-hetero) is 1. The van der Waals surface area contributed by atoms with Gasteiger partial charge in [-0.2, -0.15) is 0 Å². The summed E-state index contributed by atoms with van der Waals surface area (Å²) in [5.74, 6) is 1.04. The van der Waals surface area contributed by atoms with Crippen LogP contribution < -0.4 is 0 Å². The standard InChI is InChI=1S/C18H26O2/c1-13(2)14-9-11-15(12-10-14)17(19)18(20-3)16-7-5-4-6-8-16/h9-13,16,18H,4-8H2,1-3H3. The minimum atomic E-state index is -0.264. The number of carbonyl (C=O) groups excluding carboxylic acids is 1. The number of hydrogen-bond acceptors (Lipinski definition) is 2. The summed E-state index contributed by atoms with van der Waals surface area (Å²) in [6.07, 6.45) is 5.72. The average molecular weight is 274 g/mol. The molecule has 2 rings (SSSR count). The molecule has 20 heavy (non-hydrogen) atoms. The molecule has 1 fully saturated rings. The number of hydrogen-bond donors (Lipinski definition) is 0. The first kappa shape index (κ1) is 15.2. The van der Waals surface area contributed by atoms with Crippen LogP contribution in [0.25, 0.3) is 0 Å². The zero-order valence-electron chi connectivity index (χ0n) is 12.9. The smallest absolute Gasteiger partial charge is 0.191 e. The van der Waals surface area contributed by atoms with Gasteiger partial charge in [-0.3, -0.25) is 4.79 Å². The maximum Gasteiger partial charge on any atom is 0.191 e. The molecule has 1 saturated carbocycles. The summed E-state index contributed by atoms with van der Waals surface area (Å²) in [5, 5.41) is 0. The molecule has 0 aromatic heterocycles. The highest BCUT2D eigenvalue weighted by Gasteiger charge is 2.30. The monoisotopic (exact) mass is 274 g/mol. The van der Waals surface area contributed by atoms with Crippen molar-refractivity contribution in [2.75, 3.05) is 7.11 Å². The second-order valence-electron chi connectivity index (χ2n) is 6.20. The molecule has 1 aliphatic rings. The van der Waals surface area contributed by atoms with Crippen LogP contribution in [0.2, 0.25) is 0 Å². The molecule has 0 saturated heterocycles. The Kier molecular flexibility index (Phi) is 5.36. The van der Waals surface area contributed by atoms with E-state index >= 15 is 0 Å². The molecule has 1 aliphatic carbocycles. The first-order valence-corrected chi connectivity index (χ1v) is 7.80. The summed E-state index contributed by atoms with van der Waals surface area (Å²) in [6.45, 7) is 4.33. The van der Waals surface area contributed by atoms with Gasteiger partial charge >= 0.3 is 0 Å². The van der Waals surface area contributed by atoms with Gasteiger partial charge in [-0.1, -0.05) is 57.4 Å². The van der Waals surface area contributed by atoms with E-state index in [1.807, 2.05) is 12.1 Å². The predicted molar refractivity (Wildman–Crippen MR) is 82.2 cm³/mol. The van der Waals surface area contributed by atoms with E-state index in [2.05, 4.69) is 26.0 Å². The first-order valence-electron chi connectivity index (χ1n) is 7.80. The second kappa shape index (κ2) is 7.03. The quantitative estimate of drug-likeness (QED) is 0.734. The van der Waals surface area contributed by atoms with Crippen molar-refractivity contribution in [3.05, 3.63) is 35.4 Å². The van der Waals surface area contributed by atoms with Gasteiger partial charge in [0.25, 0.3) is 0 Å². The van der Waals surface area contributed by atoms with Crippen molar-refractivity contribution in [2.24, 2.45) is 5.92 Å². The summed E-state index contributed by atoms with van der Waals surface area (Å²) in [4.78, 5) is 12.6. The highest BCUT2D eigenvalue weighted by atomic mass is 16.5. The molecule has 1 unspecified atom stereocenters. The Hall–Kier alpha value is -1.15. The largest absolute Gasteiger partial charge is 0.373 e. The van der Waals surface area contributed by atoms with E-state index in [1.54, 1.807) is 7.11 Å². The number of methoxy groups -OCH3 is 1. The van der Waals surface area contributed by atoms with Gasteiger partial charge in [-0.25, -0.2) is 0 Å². The highest BCUT2D eigenvalue weighted by Crippen LogP contribution is 2.29. The zero-order valence-corrected chi connectivity index (χ0v) is 12.9. The fraction of sp³-hybridized carbons (Fsp3) is 0.611. The van der Waals surface area contributed by atoms with E-state index in [9.17, 15) is 4.79 Å². The summed E-state index contributed by atoms with van der Waals surface area (Å²) in [5.41, 5.74) is 2.06. The van der Waals surface area contributed by atoms with Gasteiger partial charge in [0.1, 0.15) is 6.10 Å². The normalized spacial score (nSPS) is 18.2. The van der Waals surface area contributed by atoms with Crippen molar-refractivity contribution in [3.8, 4) is 0 Å². The van der Waals surface area contributed by atoms with Crippen LogP contribution >= 0.6 is 0 Å². The van der Waals surface area contributed by atoms with Crippen LogP contribution in [0, 0.1) is 5.92 Å². The molecule has 0 amide bonds. The van der Waals surface area contributed by atoms with E-state index < -0.39 is 0 Å². The summed E-state index contributed by atoms with van der Waals surface area (Å²) in [7, 11) is 1.67. The molecule has 110 valence electrons. The minimum absolute atomic E-state index is 0.148. The third-order valence-electron chi connectivity index (χ3n) is 4.45. The van der Waals surface area contributed by atoms with Gasteiger partial charge in [0.2, 0.25) is 0 Å². The van der Waals surface area contributed by atoms with Crippen LogP contribution in [-0.4, -0.2) is 19.0 Å². The molecular weight excluding hydrogens is 248 g/mol. The second-order valence-corrected chi connectivity index (χ2v) is 6.20. The maximum absolute atomic E-state index is 12.6. The first-order chi connectivity index (χ1) is 9.63. The lowest BCUT2D eigenvalue weighted by Gasteiger charge is -2.28. The van der Waals surface area contributed by atoms with Crippen molar-refractivity contribution in [3.63, 3.8) is 0 Å². The molecule has 0 heterocycles. The molecule has 2 nitrogen and oxygen atoms in total. The van der Waals surface area contributed by atoms with E-state index in [0.717, 1.165) is 18.4 Å². The van der Waals surface area contributed by atoms with Crippen LogP contribution in [0.4, 0.5) is 0 Å². The third-order valence-corrected chi connectivity index (χ3v) is 4.45. The zero-order chi connectivity index (χ0) is 14.5. The Morgan fingerprint density at radius 2 is 1.70 bits per heavy atom. The number of rotatable bonds is 5. The topological polar surface area (TPSA) is 26.3 Å². The minimum Gasteiger partial charge on any atom is -0.373 e. The average Bonchev–Trinajstić information content (AvgIpc) is 2.49. The molecule has 0 N–H and O–H groups in total. The molecule has 0 radical (unpaired) electrons. The number of benzene rings is 1. The van der Waals surface area contributed by atoms with Crippen LogP contribution in [0.1, 0.15) is 67.8 Å². The molecule has 1 aromatic rings. The van der Waals surface area contributed by atoms with E-state index in [1.165, 1.54) is 24.8 Å². The number of ketones is 1. The molecule has 1 aromatic carbocycles. The lowest BCUT2D eigenvalue weighted by molar-refractivity contribution is 0.0314. The number of ether oxygens (including phenoxy) is 1. The molecule has 1 atom stereocenters. The Labute approximate surface area is 122 Å². The Bertz CT molecular complexity index is 427. The van der Waals surface area contributed by atoms with Crippen molar-refractivity contribution in [1.29, 1.82) is 0 Å². The predicted octanol–water partition coefficient (Wildman–Crippen LogP) is 4.59. The lowest BCUT2D eigenvalue weighted by atomic mass is 9.82. The molecule has 0 aliphatic heterocycles. The Morgan fingerprint density at radius 3 is 2.20 bits per heavy atom. The van der Waals surface area contributed by atoms with Crippen LogP contribution in [0.3, 0.4) is 0 Å². The van der Waals surface area contributed by atoms with E-state index in [-0.39, 0.29) is 11.9 Å². The van der Waals surface area contributed by atoms with Gasteiger partial charge in [-0.15, -0.1) is 0 Å². The Balaban J connectivity index is 2.11. The van der Waals surface area contributed by atoms with Gasteiger partial charge in [0, 0.05) is 12.7 Å². The van der Waals surface area contributed by atoms with Crippen molar-refractivity contribution < 1.29 is 9.53 Å². The summed E-state index contributed by atoms with van der Waals surface area (Å²) in [6, 6.07) is 8.02. The molecule has 0 bridgehead atoms. The fourth-order valence-electron chi connectivity index (χ4n) is 3.15. The van der Waals surface area contributed by atoms with Crippen LogP contribution in [0.5, 0.6) is 0 Å². The fourth-order valence-corrected chi connectivity index (χ4v) is 3.15. The van der Waals surface area contributed by atoms with Gasteiger partial charge in [0.05, 0.1) is 0 Å². The van der Waals surface area contributed by atoms with Gasteiger partial charge in [-0.05, 0) is 30.2 Å². The molecule has 2 heteroatoms.